The monoisotopic (exact) mass is 374 g/mol. The van der Waals surface area contributed by atoms with Crippen LogP contribution in [0.3, 0.4) is 0 Å². The van der Waals surface area contributed by atoms with Crippen molar-refractivity contribution in [3.63, 3.8) is 0 Å². The Morgan fingerprint density at radius 1 is 1.33 bits per heavy atom. The highest BCUT2D eigenvalue weighted by Crippen LogP contribution is 2.21. The Bertz CT molecular complexity index is 756. The minimum absolute atomic E-state index is 0.0671. The zero-order valence-electron chi connectivity index (χ0n) is 16.3. The molecule has 2 rings (SSSR count). The summed E-state index contributed by atoms with van der Waals surface area (Å²) in [6, 6.07) is 4.41. The molecule has 2 N–H and O–H groups in total. The topological polar surface area (TPSA) is 114 Å². The molecule has 0 aliphatic carbocycles. The van der Waals surface area contributed by atoms with E-state index in [2.05, 4.69) is 4.98 Å². The van der Waals surface area contributed by atoms with Crippen LogP contribution >= 0.6 is 0 Å². The molecular formula is C18H26N6O3. The molecule has 0 atom stereocenters. The first-order valence-electron chi connectivity index (χ1n) is 8.72. The van der Waals surface area contributed by atoms with Crippen molar-refractivity contribution in [2.24, 2.45) is 0 Å². The molecular weight excluding hydrogens is 348 g/mol. The third-order valence-corrected chi connectivity index (χ3v) is 3.83. The molecule has 1 aliphatic heterocycles. The van der Waals surface area contributed by atoms with Crippen LogP contribution in [0.2, 0.25) is 0 Å². The quantitative estimate of drug-likeness (QED) is 0.621. The highest BCUT2D eigenvalue weighted by molar-refractivity contribution is 6.04. The first kappa shape index (κ1) is 20.3. The molecule has 1 aromatic heterocycles. The van der Waals surface area contributed by atoms with Gasteiger partial charge in [0.1, 0.15) is 17.1 Å². The van der Waals surface area contributed by atoms with E-state index in [9.17, 15) is 9.59 Å². The fourth-order valence-corrected chi connectivity index (χ4v) is 2.55. The summed E-state index contributed by atoms with van der Waals surface area (Å²) < 4.78 is 5.26. The van der Waals surface area contributed by atoms with E-state index in [-0.39, 0.29) is 18.4 Å². The van der Waals surface area contributed by atoms with E-state index in [1.807, 2.05) is 13.8 Å². The molecule has 0 aromatic carbocycles. The maximum Gasteiger partial charge on any atom is 0.418 e. The Kier molecular flexibility index (Phi) is 5.82. The summed E-state index contributed by atoms with van der Waals surface area (Å²) in [4.78, 5) is 33.1. The van der Waals surface area contributed by atoms with Gasteiger partial charge in [-0.3, -0.25) is 15.7 Å². The molecule has 0 bridgehead atoms. The van der Waals surface area contributed by atoms with Gasteiger partial charge in [-0.1, -0.05) is 6.07 Å². The second kappa shape index (κ2) is 7.73. The van der Waals surface area contributed by atoms with Crippen LogP contribution in [0.25, 0.3) is 0 Å². The van der Waals surface area contributed by atoms with Crippen LogP contribution in [0.15, 0.2) is 18.2 Å². The number of ether oxygens (including phenoxy) is 1. The Balaban J connectivity index is 2.20. The number of hydrogen-bond donors (Lipinski definition) is 2. The second-order valence-electron chi connectivity index (χ2n) is 7.43. The van der Waals surface area contributed by atoms with Gasteiger partial charge in [0.25, 0.3) is 0 Å². The van der Waals surface area contributed by atoms with E-state index in [4.69, 9.17) is 15.6 Å². The molecule has 1 aliphatic rings. The third-order valence-electron chi connectivity index (χ3n) is 3.83. The normalized spacial score (nSPS) is 14.5. The first-order valence-corrected chi connectivity index (χ1v) is 8.72. The van der Waals surface area contributed by atoms with E-state index in [0.717, 1.165) is 11.2 Å². The second-order valence-corrected chi connectivity index (χ2v) is 7.43. The smallest absolute Gasteiger partial charge is 0.418 e. The van der Waals surface area contributed by atoms with Gasteiger partial charge in [0.15, 0.2) is 5.84 Å². The van der Waals surface area contributed by atoms with Crippen LogP contribution < -0.4 is 4.90 Å². The van der Waals surface area contributed by atoms with Crippen LogP contribution in [0.1, 0.15) is 40.3 Å². The summed E-state index contributed by atoms with van der Waals surface area (Å²) >= 11 is 0. The van der Waals surface area contributed by atoms with Gasteiger partial charge < -0.3 is 9.64 Å². The molecule has 9 heteroatoms. The number of pyridine rings is 1. The number of nitrogens with zero attached hydrogens (tertiary/aromatic N) is 4. The Hall–Kier alpha value is -2.97. The highest BCUT2D eigenvalue weighted by Gasteiger charge is 2.37. The summed E-state index contributed by atoms with van der Waals surface area (Å²) in [5.41, 5.74) is -0.348. The zero-order valence-corrected chi connectivity index (χ0v) is 16.3. The van der Waals surface area contributed by atoms with Crippen molar-refractivity contribution in [3.05, 3.63) is 23.9 Å². The van der Waals surface area contributed by atoms with Gasteiger partial charge in [-0.15, -0.1) is 0 Å². The third kappa shape index (κ3) is 4.60. The molecule has 27 heavy (non-hydrogen) atoms. The Morgan fingerprint density at radius 2 is 2.00 bits per heavy atom. The molecule has 0 unspecified atom stereocenters. The SMILES string of the molecule is CC(C)N(C=N)C(=N)c1cccc(N2CCN(C(=O)OC(C)(C)C)C2=O)n1. The largest absolute Gasteiger partial charge is 0.443 e. The van der Waals surface area contributed by atoms with Crippen molar-refractivity contribution < 1.29 is 14.3 Å². The molecule has 1 fully saturated rings. The molecule has 2 heterocycles. The average Bonchev–Trinajstić information content (AvgIpc) is 2.95. The maximum atomic E-state index is 12.6. The van der Waals surface area contributed by atoms with E-state index in [0.29, 0.717) is 18.1 Å². The number of urea groups is 1. The molecule has 146 valence electrons. The standard InChI is InChI=1S/C18H26N6O3/c1-12(2)24(11-19)15(20)13-7-6-8-14(21-13)22-9-10-23(16(22)25)17(26)27-18(3,4)5/h6-8,11-12,19-20H,9-10H2,1-5H3. The van der Waals surface area contributed by atoms with E-state index < -0.39 is 17.7 Å². The number of carbonyl (C=O) groups is 2. The minimum atomic E-state index is -0.689. The first-order chi connectivity index (χ1) is 12.5. The van der Waals surface area contributed by atoms with Crippen molar-refractivity contribution in [2.45, 2.75) is 46.3 Å². The summed E-state index contributed by atoms with van der Waals surface area (Å²) in [7, 11) is 0. The van der Waals surface area contributed by atoms with E-state index in [1.165, 1.54) is 9.80 Å². The number of imide groups is 1. The molecule has 0 saturated carbocycles. The lowest BCUT2D eigenvalue weighted by Crippen LogP contribution is -2.40. The number of carbonyl (C=O) groups excluding carboxylic acids is 2. The van der Waals surface area contributed by atoms with Gasteiger partial charge >= 0.3 is 12.1 Å². The predicted octanol–water partition coefficient (Wildman–Crippen LogP) is 2.90. The number of nitrogens with one attached hydrogen (secondary N) is 2. The van der Waals surface area contributed by atoms with Crippen LogP contribution in [0.5, 0.6) is 0 Å². The van der Waals surface area contributed by atoms with Crippen LogP contribution in [-0.4, -0.2) is 63.8 Å². The van der Waals surface area contributed by atoms with Crippen LogP contribution in [0.4, 0.5) is 15.4 Å². The van der Waals surface area contributed by atoms with Crippen molar-refractivity contribution >= 4 is 30.1 Å². The Labute approximate surface area is 158 Å². The van der Waals surface area contributed by atoms with E-state index >= 15 is 0 Å². The lowest BCUT2D eigenvalue weighted by Gasteiger charge is -2.24. The van der Waals surface area contributed by atoms with Gasteiger partial charge in [0, 0.05) is 12.6 Å². The van der Waals surface area contributed by atoms with Crippen LogP contribution in [0, 0.1) is 10.8 Å². The fraction of sp³-hybridized carbons (Fsp3) is 0.500. The molecule has 1 aromatic rings. The van der Waals surface area contributed by atoms with Crippen molar-refractivity contribution in [3.8, 4) is 0 Å². The summed E-state index contributed by atoms with van der Waals surface area (Å²) in [5, 5.41) is 15.7. The minimum Gasteiger partial charge on any atom is -0.443 e. The zero-order chi connectivity index (χ0) is 20.4. The summed E-state index contributed by atoms with van der Waals surface area (Å²) in [5.74, 6) is 0.416. The van der Waals surface area contributed by atoms with Gasteiger partial charge in [0.2, 0.25) is 0 Å². The molecule has 1 saturated heterocycles. The fourth-order valence-electron chi connectivity index (χ4n) is 2.55. The highest BCUT2D eigenvalue weighted by atomic mass is 16.6. The summed E-state index contributed by atoms with van der Waals surface area (Å²) in [6.45, 7) is 9.45. The average molecular weight is 374 g/mol. The van der Waals surface area contributed by atoms with Crippen molar-refractivity contribution in [2.75, 3.05) is 18.0 Å². The van der Waals surface area contributed by atoms with Gasteiger partial charge in [-0.25, -0.2) is 19.5 Å². The predicted molar refractivity (Wildman–Crippen MR) is 103 cm³/mol. The van der Waals surface area contributed by atoms with Gasteiger partial charge in [-0.2, -0.15) is 0 Å². The summed E-state index contributed by atoms with van der Waals surface area (Å²) in [6.07, 6.45) is 0.390. The number of anilines is 1. The lowest BCUT2D eigenvalue weighted by atomic mass is 10.2. The number of hydrogen-bond acceptors (Lipinski definition) is 6. The van der Waals surface area contributed by atoms with Crippen molar-refractivity contribution in [1.29, 1.82) is 10.8 Å². The molecule has 9 nitrogen and oxygen atoms in total. The van der Waals surface area contributed by atoms with Crippen molar-refractivity contribution in [1.82, 2.24) is 14.8 Å². The maximum absolute atomic E-state index is 12.6. The number of amides is 3. The van der Waals surface area contributed by atoms with Gasteiger partial charge in [-0.05, 0) is 46.8 Å². The number of amidine groups is 1. The molecule has 0 radical (unpaired) electrons. The Morgan fingerprint density at radius 3 is 2.56 bits per heavy atom. The lowest BCUT2D eigenvalue weighted by molar-refractivity contribution is 0.0354. The van der Waals surface area contributed by atoms with Gasteiger partial charge in [0.05, 0.1) is 12.9 Å². The van der Waals surface area contributed by atoms with Crippen LogP contribution in [-0.2, 0) is 4.74 Å². The van der Waals surface area contributed by atoms with E-state index in [1.54, 1.807) is 39.0 Å². The molecule has 3 amide bonds. The number of rotatable bonds is 4. The number of aromatic nitrogens is 1. The molecule has 0 spiro atoms.